The van der Waals surface area contributed by atoms with Gasteiger partial charge in [-0.25, -0.2) is 0 Å². The molecule has 0 N–H and O–H groups in total. The van der Waals surface area contributed by atoms with Gasteiger partial charge in [-0.3, -0.25) is 0 Å². The second kappa shape index (κ2) is 4.75. The summed E-state index contributed by atoms with van der Waals surface area (Å²) in [6.45, 7) is 10.9. The summed E-state index contributed by atoms with van der Waals surface area (Å²) in [5.74, 6) is 1.45. The van der Waals surface area contributed by atoms with Crippen LogP contribution in [0.3, 0.4) is 0 Å². The summed E-state index contributed by atoms with van der Waals surface area (Å²) in [6, 6.07) is 0. The van der Waals surface area contributed by atoms with Crippen LogP contribution in [-0.4, -0.2) is 12.2 Å². The number of allylic oxidation sites excluding steroid dienone is 2. The van der Waals surface area contributed by atoms with Crippen molar-refractivity contribution >= 4 is 0 Å². The van der Waals surface area contributed by atoms with E-state index in [1.807, 2.05) is 0 Å². The predicted molar refractivity (Wildman–Crippen MR) is 68.4 cm³/mol. The molecule has 0 aromatic rings. The molecule has 1 fully saturated rings. The average molecular weight is 220 g/mol. The van der Waals surface area contributed by atoms with Crippen LogP contribution in [0.1, 0.15) is 46.5 Å². The highest BCUT2D eigenvalue weighted by atomic mass is 16.5. The van der Waals surface area contributed by atoms with E-state index in [0.29, 0.717) is 18.1 Å². The lowest BCUT2D eigenvalue weighted by Crippen LogP contribution is -2.36. The Balaban J connectivity index is 2.04. The van der Waals surface area contributed by atoms with E-state index in [1.54, 1.807) is 5.57 Å². The molecule has 0 spiro atoms. The molecule has 1 nitrogen and oxygen atoms in total. The molecule has 90 valence electrons. The summed E-state index contributed by atoms with van der Waals surface area (Å²) in [6.07, 6.45) is 7.73. The van der Waals surface area contributed by atoms with Gasteiger partial charge in [0.2, 0.25) is 0 Å². The zero-order chi connectivity index (χ0) is 11.7. The SMILES string of the molecule is C=C1C[C@H](C)O[C@@H]([C@@H]2CC=C(C)C[C@@H]2C)C1. The van der Waals surface area contributed by atoms with Gasteiger partial charge in [0, 0.05) is 0 Å². The molecular weight excluding hydrogens is 196 g/mol. The molecule has 1 heterocycles. The second-order valence-corrected chi connectivity index (χ2v) is 5.77. The minimum Gasteiger partial charge on any atom is -0.374 e. The fourth-order valence-corrected chi connectivity index (χ4v) is 3.25. The van der Waals surface area contributed by atoms with Gasteiger partial charge in [0.15, 0.2) is 0 Å². The third-order valence-electron chi connectivity index (χ3n) is 4.06. The van der Waals surface area contributed by atoms with Crippen molar-refractivity contribution in [2.75, 3.05) is 0 Å². The third-order valence-corrected chi connectivity index (χ3v) is 4.06. The van der Waals surface area contributed by atoms with E-state index in [9.17, 15) is 0 Å². The molecule has 16 heavy (non-hydrogen) atoms. The summed E-state index contributed by atoms with van der Waals surface area (Å²) >= 11 is 0. The van der Waals surface area contributed by atoms with E-state index in [-0.39, 0.29) is 0 Å². The van der Waals surface area contributed by atoms with Crippen molar-refractivity contribution < 1.29 is 4.74 Å². The summed E-state index contributed by atoms with van der Waals surface area (Å²) in [4.78, 5) is 0. The fraction of sp³-hybridized carbons (Fsp3) is 0.733. The molecule has 1 saturated heterocycles. The summed E-state index contributed by atoms with van der Waals surface area (Å²) in [5.41, 5.74) is 2.92. The largest absolute Gasteiger partial charge is 0.374 e. The molecule has 2 rings (SSSR count). The average Bonchev–Trinajstić information content (AvgIpc) is 2.15. The van der Waals surface area contributed by atoms with Crippen molar-refractivity contribution in [3.8, 4) is 0 Å². The van der Waals surface area contributed by atoms with Crippen molar-refractivity contribution in [1.29, 1.82) is 0 Å². The molecule has 0 aromatic heterocycles. The van der Waals surface area contributed by atoms with E-state index in [4.69, 9.17) is 4.74 Å². The zero-order valence-corrected chi connectivity index (χ0v) is 10.8. The summed E-state index contributed by atoms with van der Waals surface area (Å²) in [5, 5.41) is 0. The maximum absolute atomic E-state index is 6.11. The van der Waals surface area contributed by atoms with E-state index in [2.05, 4.69) is 33.4 Å². The maximum atomic E-state index is 6.11. The van der Waals surface area contributed by atoms with E-state index in [1.165, 1.54) is 18.4 Å². The quantitative estimate of drug-likeness (QED) is 0.604. The van der Waals surface area contributed by atoms with Crippen molar-refractivity contribution in [3.63, 3.8) is 0 Å². The van der Waals surface area contributed by atoms with Gasteiger partial charge in [0.1, 0.15) is 0 Å². The van der Waals surface area contributed by atoms with Crippen LogP contribution in [0.2, 0.25) is 0 Å². The lowest BCUT2D eigenvalue weighted by Gasteiger charge is -2.39. The summed E-state index contributed by atoms with van der Waals surface area (Å²) < 4.78 is 6.11. The molecule has 0 radical (unpaired) electrons. The molecule has 0 bridgehead atoms. The monoisotopic (exact) mass is 220 g/mol. The van der Waals surface area contributed by atoms with Gasteiger partial charge in [-0.15, -0.1) is 0 Å². The molecule has 0 aromatic carbocycles. The van der Waals surface area contributed by atoms with Crippen molar-refractivity contribution in [3.05, 3.63) is 23.8 Å². The lowest BCUT2D eigenvalue weighted by atomic mass is 9.75. The van der Waals surface area contributed by atoms with E-state index in [0.717, 1.165) is 18.8 Å². The van der Waals surface area contributed by atoms with Crippen LogP contribution in [0.15, 0.2) is 23.8 Å². The van der Waals surface area contributed by atoms with Crippen LogP contribution in [0, 0.1) is 11.8 Å². The Hall–Kier alpha value is -0.560. The number of hydrogen-bond acceptors (Lipinski definition) is 1. The molecule has 1 aliphatic carbocycles. The van der Waals surface area contributed by atoms with Crippen molar-refractivity contribution in [2.45, 2.75) is 58.7 Å². The Kier molecular flexibility index (Phi) is 3.53. The number of ether oxygens (including phenoxy) is 1. The van der Waals surface area contributed by atoms with Gasteiger partial charge < -0.3 is 4.74 Å². The van der Waals surface area contributed by atoms with Crippen molar-refractivity contribution in [1.82, 2.24) is 0 Å². The van der Waals surface area contributed by atoms with Gasteiger partial charge in [-0.2, -0.15) is 0 Å². The zero-order valence-electron chi connectivity index (χ0n) is 10.8. The van der Waals surface area contributed by atoms with Crippen LogP contribution in [0.4, 0.5) is 0 Å². The number of hydrogen-bond donors (Lipinski definition) is 0. The Morgan fingerprint density at radius 1 is 1.25 bits per heavy atom. The van der Waals surface area contributed by atoms with Crippen LogP contribution < -0.4 is 0 Å². The molecule has 0 unspecified atom stereocenters. The first-order chi connectivity index (χ1) is 7.56. The maximum Gasteiger partial charge on any atom is 0.0649 e. The van der Waals surface area contributed by atoms with Crippen LogP contribution in [0.25, 0.3) is 0 Å². The highest BCUT2D eigenvalue weighted by Gasteiger charge is 2.33. The minimum atomic E-state index is 0.366. The lowest BCUT2D eigenvalue weighted by molar-refractivity contribution is -0.0640. The van der Waals surface area contributed by atoms with Crippen molar-refractivity contribution in [2.24, 2.45) is 11.8 Å². The minimum absolute atomic E-state index is 0.366. The normalized spacial score (nSPS) is 40.7. The van der Waals surface area contributed by atoms with E-state index < -0.39 is 0 Å². The Labute approximate surface area is 99.6 Å². The standard InChI is InChI=1S/C15H24O/c1-10-5-6-14(12(3)7-10)15-9-11(2)8-13(4)16-15/h5,12-15H,2,6-9H2,1,3-4H3/t12-,13-,14+,15+/m0/s1. The first-order valence-corrected chi connectivity index (χ1v) is 6.54. The van der Waals surface area contributed by atoms with Crippen LogP contribution in [-0.2, 0) is 4.74 Å². The van der Waals surface area contributed by atoms with Gasteiger partial charge in [-0.1, -0.05) is 30.7 Å². The summed E-state index contributed by atoms with van der Waals surface area (Å²) in [7, 11) is 0. The van der Waals surface area contributed by atoms with Crippen LogP contribution in [0.5, 0.6) is 0 Å². The molecule has 2 aliphatic rings. The van der Waals surface area contributed by atoms with Crippen LogP contribution >= 0.6 is 0 Å². The molecule has 1 heteroatoms. The molecule has 1 aliphatic heterocycles. The third kappa shape index (κ3) is 2.57. The fourth-order valence-electron chi connectivity index (χ4n) is 3.25. The Morgan fingerprint density at radius 3 is 2.62 bits per heavy atom. The highest BCUT2D eigenvalue weighted by Crippen LogP contribution is 2.37. The predicted octanol–water partition coefficient (Wildman–Crippen LogP) is 4.10. The van der Waals surface area contributed by atoms with Gasteiger partial charge in [-0.05, 0) is 51.4 Å². The molecule has 4 atom stereocenters. The smallest absolute Gasteiger partial charge is 0.0649 e. The van der Waals surface area contributed by atoms with Gasteiger partial charge in [0.05, 0.1) is 12.2 Å². The van der Waals surface area contributed by atoms with Gasteiger partial charge in [0.25, 0.3) is 0 Å². The highest BCUT2D eigenvalue weighted by molar-refractivity contribution is 5.09. The van der Waals surface area contributed by atoms with Gasteiger partial charge >= 0.3 is 0 Å². The second-order valence-electron chi connectivity index (χ2n) is 5.77. The first-order valence-electron chi connectivity index (χ1n) is 6.54. The van der Waals surface area contributed by atoms with E-state index >= 15 is 0 Å². The first kappa shape index (κ1) is 11.9. The number of rotatable bonds is 1. The Bertz CT molecular complexity index is 303. The molecule has 0 amide bonds. The Morgan fingerprint density at radius 2 is 2.00 bits per heavy atom. The topological polar surface area (TPSA) is 9.23 Å². The molecule has 0 saturated carbocycles. The molecular formula is C15H24O.